The number of carbonyl (C=O) groups excluding carboxylic acids is 2. The van der Waals surface area contributed by atoms with E-state index in [2.05, 4.69) is 10.2 Å². The molecule has 1 aromatic rings. The molecule has 0 aromatic heterocycles. The molecular formula is C19H22N2O8. The van der Waals surface area contributed by atoms with Crippen molar-refractivity contribution in [1.29, 1.82) is 0 Å². The SMILES string of the molecule is COC(=O)C1=C(C)NC(C)=C(C(=O)OC)C1c1ccccc1OCCO[N+](=O)[O-]. The van der Waals surface area contributed by atoms with E-state index in [0.29, 0.717) is 22.7 Å². The van der Waals surface area contributed by atoms with E-state index in [1.807, 2.05) is 0 Å². The van der Waals surface area contributed by atoms with Crippen LogP contribution in [-0.4, -0.2) is 44.5 Å². The number of esters is 2. The number of hydrogen-bond acceptors (Lipinski definition) is 9. The van der Waals surface area contributed by atoms with Crippen LogP contribution in [0.1, 0.15) is 25.3 Å². The molecule has 0 aliphatic carbocycles. The fraction of sp³-hybridized carbons (Fsp3) is 0.368. The van der Waals surface area contributed by atoms with Gasteiger partial charge in [-0.25, -0.2) is 9.59 Å². The minimum absolute atomic E-state index is 0.102. The molecule has 1 aliphatic heterocycles. The first-order chi connectivity index (χ1) is 13.8. The van der Waals surface area contributed by atoms with Crippen LogP contribution in [0.5, 0.6) is 5.75 Å². The van der Waals surface area contributed by atoms with Gasteiger partial charge in [-0.1, -0.05) is 18.2 Å². The molecule has 0 saturated heterocycles. The minimum atomic E-state index is -0.912. The fourth-order valence-electron chi connectivity index (χ4n) is 3.18. The molecule has 1 aromatic carbocycles. The Bertz CT molecular complexity index is 837. The highest BCUT2D eigenvalue weighted by Crippen LogP contribution is 2.42. The van der Waals surface area contributed by atoms with Gasteiger partial charge in [0.05, 0.1) is 31.3 Å². The third-order valence-electron chi connectivity index (χ3n) is 4.34. The predicted octanol–water partition coefficient (Wildman–Crippen LogP) is 1.85. The smallest absolute Gasteiger partial charge is 0.336 e. The van der Waals surface area contributed by atoms with Crippen LogP contribution in [0.15, 0.2) is 46.8 Å². The van der Waals surface area contributed by atoms with Crippen molar-refractivity contribution in [3.8, 4) is 5.75 Å². The molecule has 2 rings (SSSR count). The first kappa shape index (κ1) is 21.7. The summed E-state index contributed by atoms with van der Waals surface area (Å²) in [6, 6.07) is 6.77. The normalized spacial score (nSPS) is 14.2. The Morgan fingerprint density at radius 3 is 2.10 bits per heavy atom. The first-order valence-electron chi connectivity index (χ1n) is 8.66. The molecule has 0 radical (unpaired) electrons. The summed E-state index contributed by atoms with van der Waals surface area (Å²) in [7, 11) is 2.50. The lowest BCUT2D eigenvalue weighted by Crippen LogP contribution is -2.32. The topological polar surface area (TPSA) is 126 Å². The second kappa shape index (κ2) is 9.58. The fourth-order valence-corrected chi connectivity index (χ4v) is 3.18. The maximum absolute atomic E-state index is 12.5. The van der Waals surface area contributed by atoms with E-state index in [4.69, 9.17) is 14.2 Å². The van der Waals surface area contributed by atoms with Gasteiger partial charge < -0.3 is 24.4 Å². The molecule has 0 bridgehead atoms. The average molecular weight is 406 g/mol. The molecule has 156 valence electrons. The van der Waals surface area contributed by atoms with E-state index in [9.17, 15) is 19.7 Å². The number of hydrogen-bond donors (Lipinski definition) is 1. The Morgan fingerprint density at radius 1 is 1.03 bits per heavy atom. The zero-order valence-corrected chi connectivity index (χ0v) is 16.5. The van der Waals surface area contributed by atoms with E-state index in [1.165, 1.54) is 14.2 Å². The molecule has 10 nitrogen and oxygen atoms in total. The van der Waals surface area contributed by atoms with Gasteiger partial charge in [-0.3, -0.25) is 0 Å². The van der Waals surface area contributed by atoms with Gasteiger partial charge in [0.1, 0.15) is 19.0 Å². The van der Waals surface area contributed by atoms with E-state index < -0.39 is 22.9 Å². The molecule has 0 atom stereocenters. The number of nitrogens with zero attached hydrogens (tertiary/aromatic N) is 1. The highest BCUT2D eigenvalue weighted by molar-refractivity contribution is 6.00. The number of para-hydroxylation sites is 1. The minimum Gasteiger partial charge on any atom is -0.491 e. The van der Waals surface area contributed by atoms with Crippen molar-refractivity contribution in [2.45, 2.75) is 19.8 Å². The standard InChI is InChI=1S/C19H22N2O8/c1-11-15(18(22)26-3)17(16(12(2)20-11)19(23)27-4)13-7-5-6-8-14(13)28-9-10-29-21(24)25/h5-8,17,20H,9-10H2,1-4H3. The summed E-state index contributed by atoms with van der Waals surface area (Å²) in [5.74, 6) is -1.70. The molecule has 0 fully saturated rings. The molecule has 1 N–H and O–H groups in total. The van der Waals surface area contributed by atoms with E-state index in [-0.39, 0.29) is 24.4 Å². The van der Waals surface area contributed by atoms with E-state index >= 15 is 0 Å². The number of dihydropyridines is 1. The van der Waals surface area contributed by atoms with Crippen LogP contribution in [0.3, 0.4) is 0 Å². The van der Waals surface area contributed by atoms with Crippen LogP contribution in [0, 0.1) is 10.1 Å². The molecule has 10 heteroatoms. The highest BCUT2D eigenvalue weighted by Gasteiger charge is 2.38. The molecule has 1 heterocycles. The zero-order chi connectivity index (χ0) is 21.6. The molecule has 1 aliphatic rings. The van der Waals surface area contributed by atoms with Gasteiger partial charge >= 0.3 is 11.9 Å². The van der Waals surface area contributed by atoms with Gasteiger partial charge in [-0.05, 0) is 19.9 Å². The summed E-state index contributed by atoms with van der Waals surface area (Å²) in [6.45, 7) is 3.02. The maximum atomic E-state index is 12.5. The van der Waals surface area contributed by atoms with Crippen molar-refractivity contribution in [2.24, 2.45) is 0 Å². The van der Waals surface area contributed by atoms with Crippen LogP contribution in [0.25, 0.3) is 0 Å². The lowest BCUT2D eigenvalue weighted by Gasteiger charge is -2.30. The van der Waals surface area contributed by atoms with Crippen molar-refractivity contribution < 1.29 is 33.7 Å². The largest absolute Gasteiger partial charge is 0.491 e. The van der Waals surface area contributed by atoms with Crippen molar-refractivity contribution in [3.05, 3.63) is 62.5 Å². The third-order valence-corrected chi connectivity index (χ3v) is 4.34. The second-order valence-electron chi connectivity index (χ2n) is 6.06. The second-order valence-corrected chi connectivity index (χ2v) is 6.06. The zero-order valence-electron chi connectivity index (χ0n) is 16.5. The summed E-state index contributed by atoms with van der Waals surface area (Å²) in [4.78, 5) is 39.6. The van der Waals surface area contributed by atoms with Crippen LogP contribution in [0.2, 0.25) is 0 Å². The van der Waals surface area contributed by atoms with Gasteiger partial charge in [0, 0.05) is 17.0 Å². The quantitative estimate of drug-likeness (QED) is 0.298. The summed E-state index contributed by atoms with van der Waals surface area (Å²) in [5.41, 5.74) is 2.03. The van der Waals surface area contributed by atoms with Crippen LogP contribution < -0.4 is 10.1 Å². The average Bonchev–Trinajstić information content (AvgIpc) is 2.69. The van der Waals surface area contributed by atoms with Crippen LogP contribution >= 0.6 is 0 Å². The van der Waals surface area contributed by atoms with E-state index in [1.54, 1.807) is 38.1 Å². The first-order valence-corrected chi connectivity index (χ1v) is 8.66. The summed E-state index contributed by atoms with van der Waals surface area (Å²) in [6.07, 6.45) is 0. The van der Waals surface area contributed by atoms with Gasteiger partial charge in [0.15, 0.2) is 0 Å². The Labute approximate surface area is 167 Å². The number of nitrogens with one attached hydrogen (secondary N) is 1. The van der Waals surface area contributed by atoms with Crippen molar-refractivity contribution >= 4 is 11.9 Å². The van der Waals surface area contributed by atoms with Crippen LogP contribution in [0.4, 0.5) is 0 Å². The number of methoxy groups -OCH3 is 2. The summed E-state index contributed by atoms with van der Waals surface area (Å²) >= 11 is 0. The van der Waals surface area contributed by atoms with Crippen molar-refractivity contribution in [3.63, 3.8) is 0 Å². The molecular weight excluding hydrogens is 384 g/mol. The third kappa shape index (κ3) is 4.84. The van der Waals surface area contributed by atoms with Crippen LogP contribution in [-0.2, 0) is 23.9 Å². The molecule has 29 heavy (non-hydrogen) atoms. The molecule has 0 amide bonds. The molecule has 0 saturated carbocycles. The number of carbonyl (C=O) groups is 2. The van der Waals surface area contributed by atoms with Gasteiger partial charge in [0.25, 0.3) is 5.09 Å². The monoisotopic (exact) mass is 406 g/mol. The van der Waals surface area contributed by atoms with Gasteiger partial charge in [0.2, 0.25) is 0 Å². The number of ether oxygens (including phenoxy) is 3. The summed E-state index contributed by atoms with van der Waals surface area (Å²) in [5, 5.41) is 12.4. The number of benzene rings is 1. The Morgan fingerprint density at radius 2 is 1.59 bits per heavy atom. The van der Waals surface area contributed by atoms with E-state index in [0.717, 1.165) is 0 Å². The summed E-state index contributed by atoms with van der Waals surface area (Å²) < 4.78 is 15.5. The van der Waals surface area contributed by atoms with Gasteiger partial charge in [-0.15, -0.1) is 10.1 Å². The Balaban J connectivity index is 2.53. The molecule has 0 unspecified atom stereocenters. The Hall–Kier alpha value is -3.56. The molecule has 0 spiro atoms. The highest BCUT2D eigenvalue weighted by atomic mass is 17.0. The Kier molecular flexibility index (Phi) is 7.18. The maximum Gasteiger partial charge on any atom is 0.336 e. The lowest BCUT2D eigenvalue weighted by molar-refractivity contribution is -0.757. The predicted molar refractivity (Wildman–Crippen MR) is 100 cm³/mol. The van der Waals surface area contributed by atoms with Gasteiger partial charge in [-0.2, -0.15) is 0 Å². The number of rotatable bonds is 8. The number of allylic oxidation sites excluding steroid dienone is 2. The van der Waals surface area contributed by atoms with Crippen molar-refractivity contribution in [1.82, 2.24) is 5.32 Å². The van der Waals surface area contributed by atoms with Crippen molar-refractivity contribution in [2.75, 3.05) is 27.4 Å². The lowest BCUT2D eigenvalue weighted by atomic mass is 9.80.